The van der Waals surface area contributed by atoms with E-state index in [1.807, 2.05) is 12.1 Å². The van der Waals surface area contributed by atoms with Gasteiger partial charge in [0, 0.05) is 12.3 Å². The normalized spacial score (nSPS) is 29.5. The molecule has 4 nitrogen and oxygen atoms in total. The van der Waals surface area contributed by atoms with E-state index >= 15 is 0 Å². The van der Waals surface area contributed by atoms with Gasteiger partial charge in [0.05, 0.1) is 17.8 Å². The van der Waals surface area contributed by atoms with Gasteiger partial charge in [-0.3, -0.25) is 4.79 Å². The highest BCUT2D eigenvalue weighted by Gasteiger charge is 2.47. The van der Waals surface area contributed by atoms with Gasteiger partial charge in [-0.2, -0.15) is 0 Å². The van der Waals surface area contributed by atoms with E-state index < -0.39 is 5.97 Å². The minimum absolute atomic E-state index is 0.308. The molecule has 1 aromatic carbocycles. The fourth-order valence-corrected chi connectivity index (χ4v) is 5.67. The molecule has 2 heterocycles. The zero-order valence-electron chi connectivity index (χ0n) is 17.1. The Morgan fingerprint density at radius 1 is 1.03 bits per heavy atom. The topological polar surface area (TPSA) is 63.6 Å². The quantitative estimate of drug-likeness (QED) is 0.629. The number of aromatic carboxylic acids is 1. The van der Waals surface area contributed by atoms with Crippen molar-refractivity contribution in [1.82, 2.24) is 0 Å². The maximum atomic E-state index is 12.7. The summed E-state index contributed by atoms with van der Waals surface area (Å²) in [6.45, 7) is 0. The van der Waals surface area contributed by atoms with E-state index in [2.05, 4.69) is 6.08 Å². The standard InChI is InChI=1S/C25H32O4/c26-22(18-8-2-1-3-9-18)13-12-21-20(23-14-15-24(21)29-23)11-5-7-17-6-4-10-19(16-17)25(27)28/h4-7,10,16,18,20-21,23-24H,1-3,8-9,11-15H2,(H,27,28)/b7-5+/t20-,21+,23-,24+/m1/s1. The van der Waals surface area contributed by atoms with E-state index in [4.69, 9.17) is 9.84 Å². The number of carboxylic acids is 1. The maximum Gasteiger partial charge on any atom is 0.335 e. The van der Waals surface area contributed by atoms with Crippen LogP contribution in [0.2, 0.25) is 0 Å². The van der Waals surface area contributed by atoms with Crippen molar-refractivity contribution in [2.45, 2.75) is 76.4 Å². The van der Waals surface area contributed by atoms with Crippen LogP contribution in [-0.4, -0.2) is 29.1 Å². The Morgan fingerprint density at radius 2 is 1.79 bits per heavy atom. The summed E-state index contributed by atoms with van der Waals surface area (Å²) >= 11 is 0. The van der Waals surface area contributed by atoms with Crippen LogP contribution in [0, 0.1) is 17.8 Å². The van der Waals surface area contributed by atoms with Crippen LogP contribution in [0.15, 0.2) is 30.3 Å². The van der Waals surface area contributed by atoms with Crippen LogP contribution in [0.3, 0.4) is 0 Å². The van der Waals surface area contributed by atoms with Gasteiger partial charge < -0.3 is 9.84 Å². The number of benzene rings is 1. The van der Waals surface area contributed by atoms with Crippen molar-refractivity contribution in [3.05, 3.63) is 41.5 Å². The molecule has 0 amide bonds. The summed E-state index contributed by atoms with van der Waals surface area (Å²) in [6.07, 6.45) is 15.6. The summed E-state index contributed by atoms with van der Waals surface area (Å²) in [5, 5.41) is 9.14. The molecule has 4 atom stereocenters. The summed E-state index contributed by atoms with van der Waals surface area (Å²) in [4.78, 5) is 23.8. The van der Waals surface area contributed by atoms with E-state index in [9.17, 15) is 9.59 Å². The summed E-state index contributed by atoms with van der Waals surface area (Å²) in [5.41, 5.74) is 1.23. The first kappa shape index (κ1) is 20.3. The molecule has 2 bridgehead atoms. The number of carbonyl (C=O) groups excluding carboxylic acids is 1. The third-order valence-electron chi connectivity index (χ3n) is 7.23. The summed E-state index contributed by atoms with van der Waals surface area (Å²) in [5.74, 6) is 0.850. The minimum atomic E-state index is -0.899. The second kappa shape index (κ2) is 9.25. The summed E-state index contributed by atoms with van der Waals surface area (Å²) in [6, 6.07) is 7.03. The highest BCUT2D eigenvalue weighted by Crippen LogP contribution is 2.47. The maximum absolute atomic E-state index is 12.7. The minimum Gasteiger partial charge on any atom is -0.478 e. The van der Waals surface area contributed by atoms with Gasteiger partial charge in [-0.25, -0.2) is 4.79 Å². The van der Waals surface area contributed by atoms with E-state index in [1.165, 1.54) is 19.3 Å². The molecule has 2 aliphatic heterocycles. The smallest absolute Gasteiger partial charge is 0.335 e. The van der Waals surface area contributed by atoms with Gasteiger partial charge in [0.2, 0.25) is 0 Å². The Kier molecular flexibility index (Phi) is 6.49. The number of Topliss-reactive ketones (excluding diaryl/α,β-unsaturated/α-hetero) is 1. The molecule has 1 aromatic rings. The first-order chi connectivity index (χ1) is 14.1. The highest BCUT2D eigenvalue weighted by molar-refractivity contribution is 5.88. The number of ether oxygens (including phenoxy) is 1. The second-order valence-corrected chi connectivity index (χ2v) is 9.03. The Bertz CT molecular complexity index is 762. The van der Waals surface area contributed by atoms with Gasteiger partial charge in [-0.05, 0) is 68.1 Å². The van der Waals surface area contributed by atoms with Crippen LogP contribution in [-0.2, 0) is 9.53 Å². The van der Waals surface area contributed by atoms with Crippen molar-refractivity contribution in [1.29, 1.82) is 0 Å². The molecule has 1 N–H and O–H groups in total. The van der Waals surface area contributed by atoms with Crippen molar-refractivity contribution in [2.75, 3.05) is 0 Å². The molecule has 4 heteroatoms. The molecule has 29 heavy (non-hydrogen) atoms. The van der Waals surface area contributed by atoms with E-state index in [1.54, 1.807) is 18.2 Å². The van der Waals surface area contributed by atoms with Crippen molar-refractivity contribution < 1.29 is 19.4 Å². The van der Waals surface area contributed by atoms with Gasteiger partial charge in [0.15, 0.2) is 0 Å². The van der Waals surface area contributed by atoms with Crippen molar-refractivity contribution >= 4 is 17.8 Å². The summed E-state index contributed by atoms with van der Waals surface area (Å²) < 4.78 is 6.21. The zero-order chi connectivity index (χ0) is 20.2. The Labute approximate surface area is 173 Å². The lowest BCUT2D eigenvalue weighted by molar-refractivity contribution is -0.124. The molecule has 3 fully saturated rings. The van der Waals surface area contributed by atoms with Crippen molar-refractivity contribution in [3.8, 4) is 0 Å². The van der Waals surface area contributed by atoms with Gasteiger partial charge in [0.1, 0.15) is 5.78 Å². The lowest BCUT2D eigenvalue weighted by atomic mass is 9.74. The fraction of sp³-hybridized carbons (Fsp3) is 0.600. The van der Waals surface area contributed by atoms with Crippen molar-refractivity contribution in [3.63, 3.8) is 0 Å². The molecule has 0 radical (unpaired) electrons. The molecule has 1 aliphatic carbocycles. The number of carbonyl (C=O) groups is 2. The zero-order valence-corrected chi connectivity index (χ0v) is 17.1. The molecule has 0 aromatic heterocycles. The third kappa shape index (κ3) is 4.80. The average Bonchev–Trinajstić information content (AvgIpc) is 3.35. The number of hydrogen-bond acceptors (Lipinski definition) is 3. The Balaban J connectivity index is 1.34. The number of hydrogen-bond donors (Lipinski definition) is 1. The number of allylic oxidation sites excluding steroid dienone is 1. The predicted molar refractivity (Wildman–Crippen MR) is 113 cm³/mol. The first-order valence-corrected chi connectivity index (χ1v) is 11.3. The van der Waals surface area contributed by atoms with Crippen LogP contribution < -0.4 is 0 Å². The van der Waals surface area contributed by atoms with Crippen molar-refractivity contribution in [2.24, 2.45) is 17.8 Å². The van der Waals surface area contributed by atoms with Crippen LogP contribution in [0.25, 0.3) is 6.08 Å². The largest absolute Gasteiger partial charge is 0.478 e. The molecule has 3 aliphatic rings. The Hall–Kier alpha value is -1.94. The van der Waals surface area contributed by atoms with E-state index in [0.29, 0.717) is 47.7 Å². The van der Waals surface area contributed by atoms with Crippen LogP contribution >= 0.6 is 0 Å². The molecular formula is C25H32O4. The van der Waals surface area contributed by atoms with E-state index in [0.717, 1.165) is 44.1 Å². The second-order valence-electron chi connectivity index (χ2n) is 9.03. The average molecular weight is 397 g/mol. The number of rotatable bonds is 8. The number of fused-ring (bicyclic) bond motifs is 2. The fourth-order valence-electron chi connectivity index (χ4n) is 5.67. The summed E-state index contributed by atoms with van der Waals surface area (Å²) in [7, 11) is 0. The highest BCUT2D eigenvalue weighted by atomic mass is 16.5. The van der Waals surface area contributed by atoms with Gasteiger partial charge in [-0.15, -0.1) is 0 Å². The molecule has 156 valence electrons. The van der Waals surface area contributed by atoms with Crippen LogP contribution in [0.5, 0.6) is 0 Å². The molecule has 4 rings (SSSR count). The third-order valence-corrected chi connectivity index (χ3v) is 7.23. The van der Waals surface area contributed by atoms with Crippen LogP contribution in [0.4, 0.5) is 0 Å². The molecular weight excluding hydrogens is 364 g/mol. The SMILES string of the molecule is O=C(O)c1cccc(/C=C/C[C@@H]2[C@H](CCC(=O)C3CCCCC3)[C@@H]3CC[C@H]2O3)c1. The number of carboxylic acid groups (broad SMARTS) is 1. The predicted octanol–water partition coefficient (Wildman–Crippen LogP) is 5.51. The van der Waals surface area contributed by atoms with Gasteiger partial charge in [-0.1, -0.05) is 43.5 Å². The lowest BCUT2D eigenvalue weighted by Crippen LogP contribution is -2.28. The monoisotopic (exact) mass is 396 g/mol. The van der Waals surface area contributed by atoms with E-state index in [-0.39, 0.29) is 0 Å². The number of ketones is 1. The molecule has 2 saturated heterocycles. The van der Waals surface area contributed by atoms with Gasteiger partial charge in [0.25, 0.3) is 0 Å². The molecule has 0 unspecified atom stereocenters. The first-order valence-electron chi connectivity index (χ1n) is 11.3. The lowest BCUT2D eigenvalue weighted by Gasteiger charge is -2.28. The Morgan fingerprint density at radius 3 is 2.55 bits per heavy atom. The molecule has 1 saturated carbocycles. The van der Waals surface area contributed by atoms with Gasteiger partial charge >= 0.3 is 5.97 Å². The molecule has 0 spiro atoms. The van der Waals surface area contributed by atoms with Crippen LogP contribution in [0.1, 0.15) is 80.1 Å².